The third-order valence-corrected chi connectivity index (χ3v) is 4.62. The predicted octanol–water partition coefficient (Wildman–Crippen LogP) is 4.20. The smallest absolute Gasteiger partial charge is 0.227 e. The largest absolute Gasteiger partial charge is 0.341 e. The van der Waals surface area contributed by atoms with Gasteiger partial charge in [0, 0.05) is 29.6 Å². The second-order valence-electron chi connectivity index (χ2n) is 5.51. The second kappa shape index (κ2) is 6.92. The summed E-state index contributed by atoms with van der Waals surface area (Å²) in [5.41, 5.74) is 2.96. The molecule has 0 aliphatic carbocycles. The predicted molar refractivity (Wildman–Crippen MR) is 96.1 cm³/mol. The highest BCUT2D eigenvalue weighted by Crippen LogP contribution is 2.19. The molecule has 0 radical (unpaired) electrons. The van der Waals surface area contributed by atoms with E-state index in [0.717, 1.165) is 26.5 Å². The Labute approximate surface area is 144 Å². The van der Waals surface area contributed by atoms with E-state index in [-0.39, 0.29) is 5.91 Å². The molecule has 0 unspecified atom stereocenters. The van der Waals surface area contributed by atoms with Gasteiger partial charge in [0.15, 0.2) is 0 Å². The molecule has 116 valence electrons. The van der Waals surface area contributed by atoms with Gasteiger partial charge in [-0.2, -0.15) is 0 Å². The average Bonchev–Trinajstić information content (AvgIpc) is 2.57. The lowest BCUT2D eigenvalue weighted by molar-refractivity contribution is -0.129. The van der Waals surface area contributed by atoms with Crippen LogP contribution in [0.1, 0.15) is 11.1 Å². The number of benzene rings is 2. The minimum atomic E-state index is 0.0823. The number of aromatic nitrogens is 1. The molecule has 1 heterocycles. The van der Waals surface area contributed by atoms with E-state index >= 15 is 0 Å². The van der Waals surface area contributed by atoms with Gasteiger partial charge in [0.2, 0.25) is 5.91 Å². The maximum Gasteiger partial charge on any atom is 0.227 e. The van der Waals surface area contributed by atoms with Crippen LogP contribution in [0.15, 0.2) is 65.3 Å². The van der Waals surface area contributed by atoms with Crippen LogP contribution in [0.5, 0.6) is 0 Å². The molecular formula is C19H17BrN2O. The van der Waals surface area contributed by atoms with Gasteiger partial charge in [0.1, 0.15) is 0 Å². The van der Waals surface area contributed by atoms with E-state index in [1.54, 1.807) is 11.1 Å². The minimum absolute atomic E-state index is 0.0823. The Bertz CT molecular complexity index is 842. The lowest BCUT2D eigenvalue weighted by atomic mass is 10.1. The van der Waals surface area contributed by atoms with E-state index in [4.69, 9.17) is 0 Å². The SMILES string of the molecule is CN(Cc1ccccc1Br)C(=O)Cc1cccc2cccnc12. The van der Waals surface area contributed by atoms with Crippen LogP contribution >= 0.6 is 15.9 Å². The van der Waals surface area contributed by atoms with Crippen molar-refractivity contribution in [1.29, 1.82) is 0 Å². The number of fused-ring (bicyclic) bond motifs is 1. The summed E-state index contributed by atoms with van der Waals surface area (Å²) >= 11 is 3.53. The monoisotopic (exact) mass is 368 g/mol. The molecule has 4 heteroatoms. The van der Waals surface area contributed by atoms with Gasteiger partial charge in [0.05, 0.1) is 11.9 Å². The summed E-state index contributed by atoms with van der Waals surface area (Å²) in [7, 11) is 1.83. The molecule has 0 saturated heterocycles. The van der Waals surface area contributed by atoms with Gasteiger partial charge >= 0.3 is 0 Å². The average molecular weight is 369 g/mol. The number of rotatable bonds is 4. The zero-order chi connectivity index (χ0) is 16.2. The Hall–Kier alpha value is -2.20. The summed E-state index contributed by atoms with van der Waals surface area (Å²) in [5.74, 6) is 0.0823. The first kappa shape index (κ1) is 15.7. The van der Waals surface area contributed by atoms with Crippen LogP contribution in [0.2, 0.25) is 0 Å². The van der Waals surface area contributed by atoms with Crippen molar-refractivity contribution in [1.82, 2.24) is 9.88 Å². The fourth-order valence-corrected chi connectivity index (χ4v) is 2.99. The van der Waals surface area contributed by atoms with Gasteiger partial charge in [-0.25, -0.2) is 0 Å². The fourth-order valence-electron chi connectivity index (χ4n) is 2.58. The van der Waals surface area contributed by atoms with Gasteiger partial charge in [-0.15, -0.1) is 0 Å². The van der Waals surface area contributed by atoms with E-state index in [1.165, 1.54) is 0 Å². The summed E-state index contributed by atoms with van der Waals surface area (Å²) in [5, 5.41) is 1.06. The molecule has 1 amide bonds. The van der Waals surface area contributed by atoms with Crippen molar-refractivity contribution >= 4 is 32.7 Å². The number of nitrogens with zero attached hydrogens (tertiary/aromatic N) is 2. The Morgan fingerprint density at radius 3 is 2.61 bits per heavy atom. The highest BCUT2D eigenvalue weighted by molar-refractivity contribution is 9.10. The first-order valence-electron chi connectivity index (χ1n) is 7.45. The van der Waals surface area contributed by atoms with E-state index in [1.807, 2.05) is 61.6 Å². The lowest BCUT2D eigenvalue weighted by Crippen LogP contribution is -2.28. The standard InChI is InChI=1S/C19H17BrN2O/c1-22(13-16-6-2-3-10-17(16)20)18(23)12-15-8-4-7-14-9-5-11-21-19(14)15/h2-11H,12-13H2,1H3. The topological polar surface area (TPSA) is 33.2 Å². The molecule has 2 aromatic carbocycles. The maximum atomic E-state index is 12.6. The normalized spacial score (nSPS) is 10.7. The van der Waals surface area contributed by atoms with Crippen LogP contribution in [-0.2, 0) is 17.8 Å². The Kier molecular flexibility index (Phi) is 4.72. The Balaban J connectivity index is 1.77. The van der Waals surface area contributed by atoms with Crippen molar-refractivity contribution in [3.8, 4) is 0 Å². The summed E-state index contributed by atoms with van der Waals surface area (Å²) < 4.78 is 1.02. The van der Waals surface area contributed by atoms with Crippen molar-refractivity contribution in [2.24, 2.45) is 0 Å². The number of pyridine rings is 1. The molecule has 1 aromatic heterocycles. The van der Waals surface area contributed by atoms with Crippen molar-refractivity contribution in [3.63, 3.8) is 0 Å². The summed E-state index contributed by atoms with van der Waals surface area (Å²) in [6.45, 7) is 0.582. The molecule has 0 aliphatic heterocycles. The molecule has 3 aromatic rings. The molecule has 3 nitrogen and oxygen atoms in total. The number of carbonyl (C=O) groups excluding carboxylic acids is 1. The van der Waals surface area contributed by atoms with Gasteiger partial charge in [-0.05, 0) is 23.3 Å². The molecule has 3 rings (SSSR count). The third-order valence-electron chi connectivity index (χ3n) is 3.85. The molecule has 0 fully saturated rings. The first-order chi connectivity index (χ1) is 11.1. The van der Waals surface area contributed by atoms with Crippen LogP contribution in [0, 0.1) is 0 Å². The van der Waals surface area contributed by atoms with Crippen molar-refractivity contribution in [2.75, 3.05) is 7.05 Å². The number of hydrogen-bond acceptors (Lipinski definition) is 2. The van der Waals surface area contributed by atoms with Crippen LogP contribution < -0.4 is 0 Å². The van der Waals surface area contributed by atoms with E-state index in [9.17, 15) is 4.79 Å². The van der Waals surface area contributed by atoms with E-state index in [0.29, 0.717) is 13.0 Å². The van der Waals surface area contributed by atoms with Crippen LogP contribution in [0.25, 0.3) is 10.9 Å². The van der Waals surface area contributed by atoms with Gasteiger partial charge < -0.3 is 4.90 Å². The van der Waals surface area contributed by atoms with E-state index < -0.39 is 0 Å². The van der Waals surface area contributed by atoms with Crippen molar-refractivity contribution in [2.45, 2.75) is 13.0 Å². The zero-order valence-corrected chi connectivity index (χ0v) is 14.5. The van der Waals surface area contributed by atoms with Crippen LogP contribution in [-0.4, -0.2) is 22.8 Å². The van der Waals surface area contributed by atoms with Crippen molar-refractivity contribution in [3.05, 3.63) is 76.4 Å². The Morgan fingerprint density at radius 1 is 1.04 bits per heavy atom. The summed E-state index contributed by atoms with van der Waals surface area (Å²) in [4.78, 5) is 18.7. The number of hydrogen-bond donors (Lipinski definition) is 0. The minimum Gasteiger partial charge on any atom is -0.341 e. The van der Waals surface area contributed by atoms with Gasteiger partial charge in [-0.3, -0.25) is 9.78 Å². The molecule has 0 saturated carbocycles. The van der Waals surface area contributed by atoms with Gasteiger partial charge in [0.25, 0.3) is 0 Å². The highest BCUT2D eigenvalue weighted by Gasteiger charge is 2.13. The number of amides is 1. The summed E-state index contributed by atoms with van der Waals surface area (Å²) in [6.07, 6.45) is 2.12. The fraction of sp³-hybridized carbons (Fsp3) is 0.158. The molecular weight excluding hydrogens is 352 g/mol. The maximum absolute atomic E-state index is 12.6. The quantitative estimate of drug-likeness (QED) is 0.691. The van der Waals surface area contributed by atoms with Gasteiger partial charge in [-0.1, -0.05) is 58.4 Å². The highest BCUT2D eigenvalue weighted by atomic mass is 79.9. The summed E-state index contributed by atoms with van der Waals surface area (Å²) in [6, 6.07) is 17.8. The van der Waals surface area contributed by atoms with Crippen LogP contribution in [0.3, 0.4) is 0 Å². The van der Waals surface area contributed by atoms with Crippen molar-refractivity contribution < 1.29 is 4.79 Å². The number of halogens is 1. The van der Waals surface area contributed by atoms with E-state index in [2.05, 4.69) is 20.9 Å². The molecule has 0 bridgehead atoms. The number of carbonyl (C=O) groups is 1. The zero-order valence-electron chi connectivity index (χ0n) is 12.9. The third kappa shape index (κ3) is 3.59. The molecule has 0 spiro atoms. The molecule has 0 N–H and O–H groups in total. The first-order valence-corrected chi connectivity index (χ1v) is 8.24. The lowest BCUT2D eigenvalue weighted by Gasteiger charge is -2.18. The molecule has 0 aliphatic rings. The Morgan fingerprint density at radius 2 is 1.78 bits per heavy atom. The number of likely N-dealkylation sites (N-methyl/N-ethyl adjacent to an activating group) is 1. The second-order valence-corrected chi connectivity index (χ2v) is 6.36. The molecule has 23 heavy (non-hydrogen) atoms. The van der Waals surface area contributed by atoms with Crippen LogP contribution in [0.4, 0.5) is 0 Å². The molecule has 0 atom stereocenters. The number of para-hydroxylation sites is 1.